The summed E-state index contributed by atoms with van der Waals surface area (Å²) < 4.78 is 0. The van der Waals surface area contributed by atoms with Crippen molar-refractivity contribution in [2.24, 2.45) is 11.5 Å². The van der Waals surface area contributed by atoms with Crippen LogP contribution in [0.5, 0.6) is 0 Å². The van der Waals surface area contributed by atoms with E-state index in [1.54, 1.807) is 0 Å². The van der Waals surface area contributed by atoms with Gasteiger partial charge < -0.3 is 16.8 Å². The molecule has 0 saturated heterocycles. The Morgan fingerprint density at radius 3 is 2.44 bits per heavy atom. The number of benzene rings is 1. The lowest BCUT2D eigenvalue weighted by atomic mass is 10.0. The van der Waals surface area contributed by atoms with Gasteiger partial charge in [-0.05, 0) is 11.5 Å². The van der Waals surface area contributed by atoms with Crippen LogP contribution in [-0.2, 0) is 9.59 Å². The normalized spacial score (nSPS) is 13.7. The quantitative estimate of drug-likeness (QED) is 0.667. The Bertz CT molecular complexity index is 406. The van der Waals surface area contributed by atoms with Gasteiger partial charge in [0.25, 0.3) is 0 Å². The van der Waals surface area contributed by atoms with E-state index in [0.717, 1.165) is 5.56 Å². The van der Waals surface area contributed by atoms with Crippen molar-refractivity contribution < 1.29 is 9.59 Å². The monoisotopic (exact) mass is 249 g/mol. The first-order chi connectivity index (χ1) is 8.50. The highest BCUT2D eigenvalue weighted by Gasteiger charge is 2.16. The van der Waals surface area contributed by atoms with Crippen LogP contribution in [0.2, 0.25) is 0 Å². The maximum atomic E-state index is 11.6. The maximum absolute atomic E-state index is 11.6. The highest BCUT2D eigenvalue weighted by atomic mass is 16.2. The predicted octanol–water partition coefficient (Wildman–Crippen LogP) is 0.109. The summed E-state index contributed by atoms with van der Waals surface area (Å²) in [7, 11) is 0. The molecule has 2 atom stereocenters. The van der Waals surface area contributed by atoms with Gasteiger partial charge in [0.05, 0.1) is 12.5 Å². The van der Waals surface area contributed by atoms with Crippen LogP contribution in [0.4, 0.5) is 0 Å². The molecule has 0 unspecified atom stereocenters. The Morgan fingerprint density at radius 2 is 1.89 bits per heavy atom. The minimum atomic E-state index is -0.870. The van der Waals surface area contributed by atoms with Crippen LogP contribution >= 0.6 is 0 Å². The molecular formula is C13H19N3O2. The van der Waals surface area contributed by atoms with E-state index in [1.165, 1.54) is 0 Å². The molecule has 1 aromatic carbocycles. The Labute approximate surface area is 107 Å². The van der Waals surface area contributed by atoms with Crippen molar-refractivity contribution in [2.75, 3.05) is 6.54 Å². The standard InChI is InChI=1S/C13H19N3O2/c1-9(10-5-3-2-4-6-10)8-16-13(18)11(14)7-12(15)17/h2-6,9,11H,7-8,14H2,1H3,(H2,15,17)(H,16,18)/t9-,11+/m0/s1. The zero-order valence-electron chi connectivity index (χ0n) is 10.4. The van der Waals surface area contributed by atoms with E-state index in [0.29, 0.717) is 6.54 Å². The molecule has 1 rings (SSSR count). The van der Waals surface area contributed by atoms with Gasteiger partial charge in [0.1, 0.15) is 0 Å². The van der Waals surface area contributed by atoms with Gasteiger partial charge in [-0.1, -0.05) is 37.3 Å². The Kier molecular flexibility index (Phi) is 5.32. The summed E-state index contributed by atoms with van der Waals surface area (Å²) in [5.41, 5.74) is 11.6. The highest BCUT2D eigenvalue weighted by molar-refractivity contribution is 5.87. The first-order valence-corrected chi connectivity index (χ1v) is 5.87. The molecule has 0 fully saturated rings. The van der Waals surface area contributed by atoms with Crippen molar-refractivity contribution in [3.8, 4) is 0 Å². The van der Waals surface area contributed by atoms with Crippen LogP contribution in [0.25, 0.3) is 0 Å². The third-order valence-electron chi connectivity index (χ3n) is 2.71. The number of primary amides is 1. The summed E-state index contributed by atoms with van der Waals surface area (Å²) in [4.78, 5) is 22.2. The molecule has 0 aliphatic heterocycles. The van der Waals surface area contributed by atoms with Gasteiger partial charge in [0.15, 0.2) is 0 Å². The molecule has 1 aromatic rings. The van der Waals surface area contributed by atoms with Crippen molar-refractivity contribution >= 4 is 11.8 Å². The zero-order chi connectivity index (χ0) is 13.5. The summed E-state index contributed by atoms with van der Waals surface area (Å²) in [6, 6.07) is 8.97. The molecule has 0 bridgehead atoms. The number of nitrogens with two attached hydrogens (primary N) is 2. The van der Waals surface area contributed by atoms with E-state index in [2.05, 4.69) is 5.32 Å². The number of rotatable bonds is 6. The number of carbonyl (C=O) groups excluding carboxylic acids is 2. The molecule has 0 aromatic heterocycles. The average Bonchev–Trinajstić information content (AvgIpc) is 2.35. The number of hydrogen-bond acceptors (Lipinski definition) is 3. The largest absolute Gasteiger partial charge is 0.370 e. The third kappa shape index (κ3) is 4.55. The Morgan fingerprint density at radius 1 is 1.28 bits per heavy atom. The number of hydrogen-bond donors (Lipinski definition) is 3. The van der Waals surface area contributed by atoms with Crippen molar-refractivity contribution in [1.82, 2.24) is 5.32 Å². The van der Waals surface area contributed by atoms with Gasteiger partial charge in [0, 0.05) is 6.54 Å². The molecule has 98 valence electrons. The summed E-state index contributed by atoms with van der Waals surface area (Å²) in [5.74, 6) is -0.735. The second-order valence-electron chi connectivity index (χ2n) is 4.33. The molecule has 18 heavy (non-hydrogen) atoms. The first kappa shape index (κ1) is 14.2. The molecular weight excluding hydrogens is 230 g/mol. The van der Waals surface area contributed by atoms with Gasteiger partial charge in [-0.3, -0.25) is 9.59 Å². The summed E-state index contributed by atoms with van der Waals surface area (Å²) in [6.07, 6.45) is -0.133. The van der Waals surface area contributed by atoms with Gasteiger partial charge >= 0.3 is 0 Å². The van der Waals surface area contributed by atoms with Crippen molar-refractivity contribution in [2.45, 2.75) is 25.3 Å². The van der Waals surface area contributed by atoms with Crippen LogP contribution in [-0.4, -0.2) is 24.4 Å². The zero-order valence-corrected chi connectivity index (χ0v) is 10.4. The number of amides is 2. The van der Waals surface area contributed by atoms with Crippen LogP contribution in [0.15, 0.2) is 30.3 Å². The fraction of sp³-hybridized carbons (Fsp3) is 0.385. The van der Waals surface area contributed by atoms with E-state index < -0.39 is 11.9 Å². The summed E-state index contributed by atoms with van der Waals surface area (Å²) >= 11 is 0. The first-order valence-electron chi connectivity index (χ1n) is 5.87. The second kappa shape index (κ2) is 6.76. The lowest BCUT2D eigenvalue weighted by Crippen LogP contribution is -2.44. The molecule has 0 saturated carbocycles. The number of carbonyl (C=O) groups is 2. The molecule has 0 radical (unpaired) electrons. The number of nitrogens with one attached hydrogen (secondary N) is 1. The van der Waals surface area contributed by atoms with Crippen molar-refractivity contribution in [3.63, 3.8) is 0 Å². The van der Waals surface area contributed by atoms with E-state index in [9.17, 15) is 9.59 Å². The highest BCUT2D eigenvalue weighted by Crippen LogP contribution is 2.12. The van der Waals surface area contributed by atoms with E-state index in [1.807, 2.05) is 37.3 Å². The SMILES string of the molecule is C[C@@H](CNC(=O)[C@H](N)CC(N)=O)c1ccccc1. The predicted molar refractivity (Wildman–Crippen MR) is 69.7 cm³/mol. The Balaban J connectivity index is 2.41. The topological polar surface area (TPSA) is 98.2 Å². The van der Waals surface area contributed by atoms with E-state index in [-0.39, 0.29) is 18.2 Å². The van der Waals surface area contributed by atoms with E-state index >= 15 is 0 Å². The molecule has 5 heteroatoms. The fourth-order valence-electron chi connectivity index (χ4n) is 1.59. The van der Waals surface area contributed by atoms with Crippen molar-refractivity contribution in [3.05, 3.63) is 35.9 Å². The molecule has 0 aliphatic rings. The Hall–Kier alpha value is -1.88. The smallest absolute Gasteiger partial charge is 0.237 e. The molecule has 0 spiro atoms. The summed E-state index contributed by atoms with van der Waals surface area (Å²) in [6.45, 7) is 2.49. The van der Waals surface area contributed by atoms with Crippen LogP contribution in [0.1, 0.15) is 24.8 Å². The van der Waals surface area contributed by atoms with Crippen LogP contribution in [0, 0.1) is 0 Å². The molecule has 2 amide bonds. The molecule has 5 nitrogen and oxygen atoms in total. The lowest BCUT2D eigenvalue weighted by Gasteiger charge is -2.15. The molecule has 0 aliphatic carbocycles. The second-order valence-corrected chi connectivity index (χ2v) is 4.33. The van der Waals surface area contributed by atoms with Crippen molar-refractivity contribution in [1.29, 1.82) is 0 Å². The van der Waals surface area contributed by atoms with E-state index in [4.69, 9.17) is 11.5 Å². The molecule has 5 N–H and O–H groups in total. The van der Waals surface area contributed by atoms with Gasteiger partial charge in [-0.25, -0.2) is 0 Å². The van der Waals surface area contributed by atoms with Crippen LogP contribution < -0.4 is 16.8 Å². The summed E-state index contributed by atoms with van der Waals surface area (Å²) in [5, 5.41) is 2.71. The lowest BCUT2D eigenvalue weighted by molar-refractivity contribution is -0.126. The fourth-order valence-corrected chi connectivity index (χ4v) is 1.59. The average molecular weight is 249 g/mol. The van der Waals surface area contributed by atoms with Gasteiger partial charge in [-0.2, -0.15) is 0 Å². The van der Waals surface area contributed by atoms with Crippen LogP contribution in [0.3, 0.4) is 0 Å². The third-order valence-corrected chi connectivity index (χ3v) is 2.71. The molecule has 0 heterocycles. The minimum Gasteiger partial charge on any atom is -0.370 e. The van der Waals surface area contributed by atoms with Gasteiger partial charge in [0.2, 0.25) is 11.8 Å². The maximum Gasteiger partial charge on any atom is 0.237 e. The minimum absolute atomic E-state index is 0.133. The van der Waals surface area contributed by atoms with Gasteiger partial charge in [-0.15, -0.1) is 0 Å².